The number of hydrogen-bond acceptors (Lipinski definition) is 2. The number of rotatable bonds is 1. The van der Waals surface area contributed by atoms with Gasteiger partial charge in [-0.1, -0.05) is 12.1 Å². The van der Waals surface area contributed by atoms with Crippen molar-refractivity contribution in [1.29, 1.82) is 0 Å². The van der Waals surface area contributed by atoms with E-state index in [0.717, 1.165) is 0 Å². The van der Waals surface area contributed by atoms with Crippen LogP contribution in [-0.4, -0.2) is 17.2 Å². The molecule has 0 fully saturated rings. The Morgan fingerprint density at radius 2 is 1.83 bits per heavy atom. The predicted octanol–water partition coefficient (Wildman–Crippen LogP) is 0.122. The largest absolute Gasteiger partial charge is 0.488 e. The van der Waals surface area contributed by atoms with Crippen molar-refractivity contribution >= 4 is 12.6 Å². The van der Waals surface area contributed by atoms with Crippen LogP contribution in [0.5, 0.6) is 0 Å². The summed E-state index contributed by atoms with van der Waals surface area (Å²) in [4.78, 5) is 0. The SMILES string of the molecule is Cc1ccc(B(O)O)c(C)c1F. The van der Waals surface area contributed by atoms with Crippen LogP contribution in [0.4, 0.5) is 4.39 Å². The monoisotopic (exact) mass is 168 g/mol. The van der Waals surface area contributed by atoms with Gasteiger partial charge in [0, 0.05) is 0 Å². The lowest BCUT2D eigenvalue weighted by Gasteiger charge is -2.06. The summed E-state index contributed by atoms with van der Waals surface area (Å²) in [6, 6.07) is 3.04. The molecule has 0 bridgehead atoms. The summed E-state index contributed by atoms with van der Waals surface area (Å²) in [6.45, 7) is 3.16. The molecule has 1 rings (SSSR count). The molecule has 0 aliphatic carbocycles. The highest BCUT2D eigenvalue weighted by atomic mass is 19.1. The fourth-order valence-corrected chi connectivity index (χ4v) is 1.12. The first-order valence-corrected chi connectivity index (χ1v) is 3.65. The van der Waals surface area contributed by atoms with Crippen LogP contribution in [0, 0.1) is 19.7 Å². The van der Waals surface area contributed by atoms with Crippen molar-refractivity contribution in [3.63, 3.8) is 0 Å². The van der Waals surface area contributed by atoms with Crippen molar-refractivity contribution in [2.24, 2.45) is 0 Å². The highest BCUT2D eigenvalue weighted by molar-refractivity contribution is 6.59. The standard InChI is InChI=1S/C8H10BFO2/c1-5-3-4-7(9(11)12)6(2)8(5)10/h3-4,11-12H,1-2H3. The summed E-state index contributed by atoms with van der Waals surface area (Å²) in [7, 11) is -1.60. The van der Waals surface area contributed by atoms with Gasteiger partial charge in [-0.3, -0.25) is 0 Å². The second kappa shape index (κ2) is 3.25. The van der Waals surface area contributed by atoms with E-state index in [0.29, 0.717) is 11.1 Å². The predicted molar refractivity (Wildman–Crippen MR) is 45.7 cm³/mol. The van der Waals surface area contributed by atoms with Crippen LogP contribution in [0.2, 0.25) is 0 Å². The first-order valence-electron chi connectivity index (χ1n) is 3.65. The van der Waals surface area contributed by atoms with Crippen LogP contribution in [0.25, 0.3) is 0 Å². The molecule has 1 aromatic carbocycles. The second-order valence-electron chi connectivity index (χ2n) is 2.78. The molecule has 0 spiro atoms. The molecule has 4 heteroatoms. The summed E-state index contributed by atoms with van der Waals surface area (Å²) in [5, 5.41) is 17.6. The number of halogens is 1. The van der Waals surface area contributed by atoms with Gasteiger partial charge < -0.3 is 10.0 Å². The van der Waals surface area contributed by atoms with E-state index in [9.17, 15) is 4.39 Å². The number of hydrogen-bond donors (Lipinski definition) is 2. The van der Waals surface area contributed by atoms with Crippen molar-refractivity contribution in [2.75, 3.05) is 0 Å². The Labute approximate surface area is 70.8 Å². The molecule has 0 aliphatic rings. The molecule has 0 saturated heterocycles. The van der Waals surface area contributed by atoms with Crippen molar-refractivity contribution in [1.82, 2.24) is 0 Å². The lowest BCUT2D eigenvalue weighted by molar-refractivity contribution is 0.425. The van der Waals surface area contributed by atoms with Crippen LogP contribution in [-0.2, 0) is 0 Å². The summed E-state index contributed by atoms with van der Waals surface area (Å²) >= 11 is 0. The van der Waals surface area contributed by atoms with Crippen molar-refractivity contribution in [3.05, 3.63) is 29.1 Å². The van der Waals surface area contributed by atoms with Gasteiger partial charge in [-0.15, -0.1) is 0 Å². The Morgan fingerprint density at radius 1 is 1.25 bits per heavy atom. The Kier molecular flexibility index (Phi) is 2.50. The summed E-state index contributed by atoms with van der Waals surface area (Å²) < 4.78 is 13.1. The molecule has 2 N–H and O–H groups in total. The molecule has 0 amide bonds. The van der Waals surface area contributed by atoms with Gasteiger partial charge in [0.25, 0.3) is 0 Å². The molecule has 0 aliphatic heterocycles. The lowest BCUT2D eigenvalue weighted by Crippen LogP contribution is -2.32. The zero-order chi connectivity index (χ0) is 9.30. The molecule has 64 valence electrons. The Bertz CT molecular complexity index is 299. The minimum Gasteiger partial charge on any atom is -0.423 e. The number of aryl methyl sites for hydroxylation is 1. The van der Waals surface area contributed by atoms with Gasteiger partial charge in [0.05, 0.1) is 0 Å². The molecule has 0 atom stereocenters. The molecule has 2 nitrogen and oxygen atoms in total. The zero-order valence-corrected chi connectivity index (χ0v) is 7.00. The molecule has 0 saturated carbocycles. The average molecular weight is 168 g/mol. The number of benzene rings is 1. The normalized spacial score (nSPS) is 10.1. The highest BCUT2D eigenvalue weighted by Gasteiger charge is 2.16. The minimum absolute atomic E-state index is 0.220. The first-order chi connectivity index (χ1) is 5.54. The molecule has 0 unspecified atom stereocenters. The van der Waals surface area contributed by atoms with Crippen molar-refractivity contribution in [2.45, 2.75) is 13.8 Å². The summed E-state index contributed by atoms with van der Waals surface area (Å²) in [5.74, 6) is -0.374. The fourth-order valence-electron chi connectivity index (χ4n) is 1.12. The van der Waals surface area contributed by atoms with Gasteiger partial charge in [-0.25, -0.2) is 4.39 Å². The van der Waals surface area contributed by atoms with E-state index >= 15 is 0 Å². The van der Waals surface area contributed by atoms with Crippen LogP contribution < -0.4 is 5.46 Å². The minimum atomic E-state index is -1.60. The fraction of sp³-hybridized carbons (Fsp3) is 0.250. The van der Waals surface area contributed by atoms with E-state index in [1.54, 1.807) is 6.92 Å². The second-order valence-corrected chi connectivity index (χ2v) is 2.78. The van der Waals surface area contributed by atoms with Gasteiger partial charge in [0.15, 0.2) is 0 Å². The van der Waals surface area contributed by atoms with Crippen LogP contribution in [0.3, 0.4) is 0 Å². The van der Waals surface area contributed by atoms with Crippen LogP contribution in [0.15, 0.2) is 12.1 Å². The van der Waals surface area contributed by atoms with Gasteiger partial charge in [0.2, 0.25) is 0 Å². The molecule has 0 heterocycles. The van der Waals surface area contributed by atoms with Crippen LogP contribution in [0.1, 0.15) is 11.1 Å². The summed E-state index contributed by atoms with van der Waals surface area (Å²) in [5.41, 5.74) is 1.03. The third kappa shape index (κ3) is 1.49. The summed E-state index contributed by atoms with van der Waals surface area (Å²) in [6.07, 6.45) is 0. The van der Waals surface area contributed by atoms with E-state index < -0.39 is 7.12 Å². The highest BCUT2D eigenvalue weighted by Crippen LogP contribution is 2.08. The topological polar surface area (TPSA) is 40.5 Å². The molecule has 1 aromatic rings. The van der Waals surface area contributed by atoms with Gasteiger partial charge >= 0.3 is 7.12 Å². The third-order valence-corrected chi connectivity index (χ3v) is 1.90. The van der Waals surface area contributed by atoms with E-state index in [1.807, 2.05) is 0 Å². The van der Waals surface area contributed by atoms with E-state index in [4.69, 9.17) is 10.0 Å². The average Bonchev–Trinajstić information content (AvgIpc) is 2.00. The smallest absolute Gasteiger partial charge is 0.423 e. The molecule has 0 radical (unpaired) electrons. The van der Waals surface area contributed by atoms with Gasteiger partial charge in [0.1, 0.15) is 5.82 Å². The molecule has 12 heavy (non-hydrogen) atoms. The zero-order valence-electron chi connectivity index (χ0n) is 7.00. The van der Waals surface area contributed by atoms with Crippen molar-refractivity contribution < 1.29 is 14.4 Å². The Hall–Kier alpha value is -0.865. The van der Waals surface area contributed by atoms with Gasteiger partial charge in [-0.05, 0) is 30.4 Å². The quantitative estimate of drug-likeness (QED) is 0.584. The van der Waals surface area contributed by atoms with E-state index in [2.05, 4.69) is 0 Å². The maximum absolute atomic E-state index is 13.1. The third-order valence-electron chi connectivity index (χ3n) is 1.90. The Balaban J connectivity index is 3.27. The van der Waals surface area contributed by atoms with Crippen molar-refractivity contribution in [3.8, 4) is 0 Å². The van der Waals surface area contributed by atoms with E-state index in [-0.39, 0.29) is 11.3 Å². The first kappa shape index (κ1) is 9.22. The lowest BCUT2D eigenvalue weighted by atomic mass is 9.77. The molecule has 0 aromatic heterocycles. The molecular weight excluding hydrogens is 158 g/mol. The molecular formula is C8H10BFO2. The maximum atomic E-state index is 13.1. The van der Waals surface area contributed by atoms with Gasteiger partial charge in [-0.2, -0.15) is 0 Å². The maximum Gasteiger partial charge on any atom is 0.488 e. The Morgan fingerprint density at radius 3 is 2.33 bits per heavy atom. The van der Waals surface area contributed by atoms with Crippen LogP contribution >= 0.6 is 0 Å². The van der Waals surface area contributed by atoms with E-state index in [1.165, 1.54) is 19.1 Å².